The summed E-state index contributed by atoms with van der Waals surface area (Å²) < 4.78 is 18.1. The van der Waals surface area contributed by atoms with Crippen molar-refractivity contribution >= 4 is 18.4 Å². The number of nitrogens with zero attached hydrogens (tertiary/aromatic N) is 2. The van der Waals surface area contributed by atoms with E-state index in [0.717, 1.165) is 29.9 Å². The molecule has 2 fully saturated rings. The first-order valence-electron chi connectivity index (χ1n) is 7.89. The third-order valence-electron chi connectivity index (χ3n) is 4.66. The molecule has 0 unspecified atom stereocenters. The molecule has 0 atom stereocenters. The molecule has 1 aliphatic carbocycles. The van der Waals surface area contributed by atoms with Crippen molar-refractivity contribution < 1.29 is 14.0 Å². The van der Waals surface area contributed by atoms with Crippen LogP contribution in [-0.4, -0.2) is 43.5 Å². The first-order chi connectivity index (χ1) is 10.2. The summed E-state index contributed by atoms with van der Waals surface area (Å²) >= 11 is 0. The predicted molar refractivity (Wildman–Crippen MR) is 87.9 cm³/mol. The zero-order chi connectivity index (χ0) is 16.1. The SMILES string of the molecule is CN(C)c1cc(OC2CC2)cnc1B1OC(C)(C)C(C)(C)O1. The molecule has 0 bridgehead atoms. The lowest BCUT2D eigenvalue weighted by molar-refractivity contribution is 0.00578. The Bertz CT molecular complexity index is 555. The van der Waals surface area contributed by atoms with Gasteiger partial charge in [-0.1, -0.05) is 0 Å². The van der Waals surface area contributed by atoms with Gasteiger partial charge < -0.3 is 18.9 Å². The van der Waals surface area contributed by atoms with Gasteiger partial charge in [0.15, 0.2) is 0 Å². The summed E-state index contributed by atoms with van der Waals surface area (Å²) in [6, 6.07) is 2.02. The largest absolute Gasteiger partial charge is 0.516 e. The highest BCUT2D eigenvalue weighted by molar-refractivity contribution is 6.63. The fourth-order valence-electron chi connectivity index (χ4n) is 2.38. The maximum absolute atomic E-state index is 6.12. The maximum atomic E-state index is 6.12. The maximum Gasteiger partial charge on any atom is 0.516 e. The minimum absolute atomic E-state index is 0.361. The summed E-state index contributed by atoms with van der Waals surface area (Å²) in [5, 5.41) is 0. The van der Waals surface area contributed by atoms with Crippen LogP contribution in [0.25, 0.3) is 0 Å². The molecule has 1 aromatic rings. The van der Waals surface area contributed by atoms with E-state index in [2.05, 4.69) is 4.98 Å². The molecule has 0 radical (unpaired) electrons. The lowest BCUT2D eigenvalue weighted by Gasteiger charge is -2.32. The van der Waals surface area contributed by atoms with E-state index in [1.807, 2.05) is 52.8 Å². The molecule has 120 valence electrons. The summed E-state index contributed by atoms with van der Waals surface area (Å²) in [5.41, 5.74) is 1.03. The van der Waals surface area contributed by atoms with Crippen molar-refractivity contribution in [2.45, 2.75) is 57.8 Å². The first-order valence-corrected chi connectivity index (χ1v) is 7.89. The Morgan fingerprint density at radius 2 is 1.77 bits per heavy atom. The van der Waals surface area contributed by atoms with Crippen LogP contribution in [0, 0.1) is 0 Å². The average Bonchev–Trinajstić information content (AvgIpc) is 3.17. The molecule has 1 aliphatic heterocycles. The van der Waals surface area contributed by atoms with Gasteiger partial charge in [0.25, 0.3) is 0 Å². The molecule has 3 rings (SSSR count). The number of pyridine rings is 1. The monoisotopic (exact) mass is 304 g/mol. The second-order valence-electron chi connectivity index (χ2n) is 7.38. The van der Waals surface area contributed by atoms with Gasteiger partial charge in [0.05, 0.1) is 34.8 Å². The Kier molecular flexibility index (Phi) is 3.65. The van der Waals surface area contributed by atoms with Gasteiger partial charge in [-0.25, -0.2) is 0 Å². The van der Waals surface area contributed by atoms with Crippen LogP contribution in [0.15, 0.2) is 12.3 Å². The Balaban J connectivity index is 1.90. The van der Waals surface area contributed by atoms with Gasteiger partial charge in [-0.05, 0) is 40.5 Å². The van der Waals surface area contributed by atoms with Crippen molar-refractivity contribution in [3.8, 4) is 5.75 Å². The molecular formula is C16H25BN2O3. The fraction of sp³-hybridized carbons (Fsp3) is 0.688. The van der Waals surface area contributed by atoms with Gasteiger partial charge >= 0.3 is 7.12 Å². The van der Waals surface area contributed by atoms with Gasteiger partial charge in [-0.3, -0.25) is 4.98 Å². The molecule has 0 amide bonds. The fourth-order valence-corrected chi connectivity index (χ4v) is 2.38. The van der Waals surface area contributed by atoms with Crippen molar-refractivity contribution in [3.05, 3.63) is 12.3 Å². The van der Waals surface area contributed by atoms with Crippen LogP contribution in [-0.2, 0) is 9.31 Å². The summed E-state index contributed by atoms with van der Waals surface area (Å²) in [5.74, 6) is 0.812. The van der Waals surface area contributed by atoms with Crippen molar-refractivity contribution in [2.75, 3.05) is 19.0 Å². The summed E-state index contributed by atoms with van der Waals surface area (Å²) in [4.78, 5) is 6.60. The third kappa shape index (κ3) is 2.82. The Labute approximate surface area is 133 Å². The minimum Gasteiger partial charge on any atom is -0.489 e. The number of aromatic nitrogens is 1. The van der Waals surface area contributed by atoms with E-state index < -0.39 is 7.12 Å². The lowest BCUT2D eigenvalue weighted by Crippen LogP contribution is -2.41. The van der Waals surface area contributed by atoms with Gasteiger partial charge in [0.1, 0.15) is 5.75 Å². The van der Waals surface area contributed by atoms with E-state index in [1.54, 1.807) is 6.20 Å². The van der Waals surface area contributed by atoms with Gasteiger partial charge in [-0.15, -0.1) is 0 Å². The van der Waals surface area contributed by atoms with Gasteiger partial charge in [-0.2, -0.15) is 0 Å². The van der Waals surface area contributed by atoms with Crippen molar-refractivity contribution in [1.29, 1.82) is 0 Å². The van der Waals surface area contributed by atoms with Crippen LogP contribution in [0.1, 0.15) is 40.5 Å². The van der Waals surface area contributed by atoms with E-state index in [1.165, 1.54) is 0 Å². The molecule has 22 heavy (non-hydrogen) atoms. The molecule has 0 spiro atoms. The standard InChI is InChI=1S/C16H25BN2O3/c1-15(2)16(3,4)22-17(21-15)14-13(19(5)6)9-12(10-18-14)20-11-7-8-11/h9-11H,7-8H2,1-6H3. The number of hydrogen-bond donors (Lipinski definition) is 0. The number of anilines is 1. The average molecular weight is 304 g/mol. The number of rotatable bonds is 4. The van der Waals surface area contributed by atoms with E-state index in [9.17, 15) is 0 Å². The molecule has 5 nitrogen and oxygen atoms in total. The highest BCUT2D eigenvalue weighted by Gasteiger charge is 2.53. The summed E-state index contributed by atoms with van der Waals surface area (Å²) in [6.45, 7) is 8.19. The molecule has 1 saturated carbocycles. The molecule has 0 N–H and O–H groups in total. The molecule has 1 aromatic heterocycles. The highest BCUT2D eigenvalue weighted by atomic mass is 16.7. The van der Waals surface area contributed by atoms with Gasteiger partial charge in [0.2, 0.25) is 0 Å². The molecular weight excluding hydrogens is 279 g/mol. The van der Waals surface area contributed by atoms with Crippen molar-refractivity contribution in [2.24, 2.45) is 0 Å². The zero-order valence-corrected chi connectivity index (χ0v) is 14.3. The number of hydrogen-bond acceptors (Lipinski definition) is 5. The normalized spacial score (nSPS) is 22.7. The molecule has 2 heterocycles. The molecule has 1 saturated heterocycles. The van der Waals surface area contributed by atoms with Crippen LogP contribution >= 0.6 is 0 Å². The summed E-state index contributed by atoms with van der Waals surface area (Å²) in [7, 11) is 3.52. The first kappa shape index (κ1) is 15.6. The predicted octanol–water partition coefficient (Wildman–Crippen LogP) is 1.99. The van der Waals surface area contributed by atoms with Crippen LogP contribution < -0.4 is 15.2 Å². The van der Waals surface area contributed by atoms with E-state index in [4.69, 9.17) is 14.0 Å². The second kappa shape index (κ2) is 5.13. The molecule has 6 heteroatoms. The molecule has 2 aliphatic rings. The lowest BCUT2D eigenvalue weighted by atomic mass is 9.82. The molecule has 0 aromatic carbocycles. The topological polar surface area (TPSA) is 43.8 Å². The van der Waals surface area contributed by atoms with Crippen molar-refractivity contribution in [3.63, 3.8) is 0 Å². The van der Waals surface area contributed by atoms with Crippen LogP contribution in [0.4, 0.5) is 5.69 Å². The van der Waals surface area contributed by atoms with Gasteiger partial charge in [0, 0.05) is 20.2 Å². The van der Waals surface area contributed by atoms with E-state index in [0.29, 0.717) is 6.10 Å². The summed E-state index contributed by atoms with van der Waals surface area (Å²) in [6.07, 6.45) is 4.40. The second-order valence-corrected chi connectivity index (χ2v) is 7.38. The van der Waals surface area contributed by atoms with Crippen LogP contribution in [0.2, 0.25) is 0 Å². The Morgan fingerprint density at radius 3 is 2.27 bits per heavy atom. The smallest absolute Gasteiger partial charge is 0.489 e. The van der Waals surface area contributed by atoms with E-state index in [-0.39, 0.29) is 11.2 Å². The van der Waals surface area contributed by atoms with Crippen LogP contribution in [0.3, 0.4) is 0 Å². The highest BCUT2D eigenvalue weighted by Crippen LogP contribution is 2.37. The Morgan fingerprint density at radius 1 is 1.18 bits per heavy atom. The minimum atomic E-state index is -0.461. The van der Waals surface area contributed by atoms with Crippen molar-refractivity contribution in [1.82, 2.24) is 4.98 Å². The Hall–Kier alpha value is -1.27. The van der Waals surface area contributed by atoms with Crippen LogP contribution in [0.5, 0.6) is 5.75 Å². The quantitative estimate of drug-likeness (QED) is 0.796. The number of ether oxygens (including phenoxy) is 1. The third-order valence-corrected chi connectivity index (χ3v) is 4.66. The van der Waals surface area contributed by atoms with E-state index >= 15 is 0 Å². The zero-order valence-electron chi connectivity index (χ0n) is 14.3.